The van der Waals surface area contributed by atoms with Gasteiger partial charge in [-0.3, -0.25) is 0 Å². The Hall–Kier alpha value is -2.15. The smallest absolute Gasteiger partial charge is 0.387 e. The van der Waals surface area contributed by atoms with E-state index >= 15 is 0 Å². The summed E-state index contributed by atoms with van der Waals surface area (Å²) in [7, 11) is 0. The standard InChI is InChI=1S/C13H9F2NO/c14-13(15)17-12-3-1-2-10-5-4-9(6-7-16)8-11(10)12/h1-5,8,13H,6H2. The Bertz CT molecular complexity index is 575. The van der Waals surface area contributed by atoms with Crippen LogP contribution in [0.1, 0.15) is 5.56 Å². The molecule has 0 unspecified atom stereocenters. The van der Waals surface area contributed by atoms with Crippen LogP contribution in [0.25, 0.3) is 10.8 Å². The van der Waals surface area contributed by atoms with Gasteiger partial charge < -0.3 is 4.74 Å². The van der Waals surface area contributed by atoms with Gasteiger partial charge in [0.25, 0.3) is 0 Å². The Morgan fingerprint density at radius 3 is 2.76 bits per heavy atom. The average Bonchev–Trinajstić information content (AvgIpc) is 2.29. The quantitative estimate of drug-likeness (QED) is 0.812. The molecule has 17 heavy (non-hydrogen) atoms. The van der Waals surface area contributed by atoms with Gasteiger partial charge in [-0.05, 0) is 23.1 Å². The highest BCUT2D eigenvalue weighted by molar-refractivity contribution is 5.88. The highest BCUT2D eigenvalue weighted by Crippen LogP contribution is 2.27. The molecule has 0 amide bonds. The molecule has 4 heteroatoms. The third kappa shape index (κ3) is 2.51. The second-order valence-electron chi connectivity index (χ2n) is 3.53. The topological polar surface area (TPSA) is 33.0 Å². The molecule has 2 nitrogen and oxygen atoms in total. The van der Waals surface area contributed by atoms with Gasteiger partial charge in [0.05, 0.1) is 12.5 Å². The maximum atomic E-state index is 12.2. The van der Waals surface area contributed by atoms with Gasteiger partial charge in [0.1, 0.15) is 5.75 Å². The van der Waals surface area contributed by atoms with Gasteiger partial charge in [0.2, 0.25) is 0 Å². The number of alkyl halides is 2. The van der Waals surface area contributed by atoms with Crippen molar-refractivity contribution >= 4 is 10.8 Å². The monoisotopic (exact) mass is 233 g/mol. The lowest BCUT2D eigenvalue weighted by atomic mass is 10.0. The summed E-state index contributed by atoms with van der Waals surface area (Å²) >= 11 is 0. The summed E-state index contributed by atoms with van der Waals surface area (Å²) in [4.78, 5) is 0. The predicted molar refractivity (Wildman–Crippen MR) is 59.9 cm³/mol. The van der Waals surface area contributed by atoms with Crippen LogP contribution in [0.3, 0.4) is 0 Å². The van der Waals surface area contributed by atoms with Crippen molar-refractivity contribution in [1.82, 2.24) is 0 Å². The van der Waals surface area contributed by atoms with Crippen LogP contribution < -0.4 is 4.74 Å². The fraction of sp³-hybridized carbons (Fsp3) is 0.154. The van der Waals surface area contributed by atoms with Crippen molar-refractivity contribution in [3.63, 3.8) is 0 Å². The number of benzene rings is 2. The molecule has 0 saturated carbocycles. The number of rotatable bonds is 3. The Labute approximate surface area is 97.0 Å². The summed E-state index contributed by atoms with van der Waals surface area (Å²) in [5.74, 6) is 0.136. The minimum Gasteiger partial charge on any atom is -0.434 e. The lowest BCUT2D eigenvalue weighted by Crippen LogP contribution is -2.02. The van der Waals surface area contributed by atoms with Gasteiger partial charge in [0.15, 0.2) is 0 Å². The molecular weight excluding hydrogens is 224 g/mol. The van der Waals surface area contributed by atoms with Crippen LogP contribution in [0, 0.1) is 11.3 Å². The molecule has 86 valence electrons. The first kappa shape index (κ1) is 11.3. The van der Waals surface area contributed by atoms with Gasteiger partial charge in [-0.25, -0.2) is 0 Å². The molecule has 2 aromatic rings. The fourth-order valence-corrected chi connectivity index (χ4v) is 1.69. The van der Waals surface area contributed by atoms with E-state index in [-0.39, 0.29) is 12.2 Å². The molecule has 0 aromatic heterocycles. The van der Waals surface area contributed by atoms with E-state index in [0.29, 0.717) is 5.39 Å². The number of fused-ring (bicyclic) bond motifs is 1. The summed E-state index contributed by atoms with van der Waals surface area (Å²) in [5, 5.41) is 10.0. The molecular formula is C13H9F2NO. The van der Waals surface area contributed by atoms with Gasteiger partial charge in [-0.2, -0.15) is 14.0 Å². The van der Waals surface area contributed by atoms with Crippen LogP contribution >= 0.6 is 0 Å². The maximum Gasteiger partial charge on any atom is 0.387 e. The molecule has 0 heterocycles. The Morgan fingerprint density at radius 1 is 1.24 bits per heavy atom. The van der Waals surface area contributed by atoms with Crippen LogP contribution in [0.5, 0.6) is 5.75 Å². The number of nitrogens with zero attached hydrogens (tertiary/aromatic N) is 1. The molecule has 0 spiro atoms. The number of ether oxygens (including phenoxy) is 1. The summed E-state index contributed by atoms with van der Waals surface area (Å²) in [6, 6.07) is 12.3. The first-order valence-corrected chi connectivity index (χ1v) is 5.04. The normalized spacial score (nSPS) is 10.5. The zero-order valence-corrected chi connectivity index (χ0v) is 8.86. The van der Waals surface area contributed by atoms with Crippen molar-refractivity contribution in [2.24, 2.45) is 0 Å². The summed E-state index contributed by atoms with van der Waals surface area (Å²) in [5.41, 5.74) is 0.783. The minimum absolute atomic E-state index is 0.136. The van der Waals surface area contributed by atoms with Crippen molar-refractivity contribution in [2.45, 2.75) is 13.0 Å². The van der Waals surface area contributed by atoms with E-state index in [0.717, 1.165) is 10.9 Å². The Kier molecular flexibility index (Phi) is 3.20. The first-order chi connectivity index (χ1) is 8.20. The highest BCUT2D eigenvalue weighted by Gasteiger charge is 2.08. The van der Waals surface area contributed by atoms with E-state index in [4.69, 9.17) is 5.26 Å². The van der Waals surface area contributed by atoms with Crippen molar-refractivity contribution in [1.29, 1.82) is 5.26 Å². The third-order valence-corrected chi connectivity index (χ3v) is 2.41. The molecule has 0 aliphatic rings. The molecule has 0 atom stereocenters. The van der Waals surface area contributed by atoms with Gasteiger partial charge >= 0.3 is 6.61 Å². The number of halogens is 2. The van der Waals surface area contributed by atoms with E-state index in [1.807, 2.05) is 12.1 Å². The molecule has 0 radical (unpaired) electrons. The number of hydrogen-bond donors (Lipinski definition) is 0. The lowest BCUT2D eigenvalue weighted by molar-refractivity contribution is -0.0487. The van der Waals surface area contributed by atoms with Crippen LogP contribution in [0.2, 0.25) is 0 Å². The average molecular weight is 233 g/mol. The number of hydrogen-bond acceptors (Lipinski definition) is 2. The van der Waals surface area contributed by atoms with E-state index < -0.39 is 6.61 Å². The molecule has 0 fully saturated rings. The van der Waals surface area contributed by atoms with Crippen LogP contribution in [-0.2, 0) is 6.42 Å². The molecule has 2 aromatic carbocycles. The zero-order chi connectivity index (χ0) is 12.3. The van der Waals surface area contributed by atoms with Crippen molar-refractivity contribution in [2.75, 3.05) is 0 Å². The number of nitriles is 1. The second-order valence-corrected chi connectivity index (χ2v) is 3.53. The van der Waals surface area contributed by atoms with Crippen LogP contribution in [-0.4, -0.2) is 6.61 Å². The molecule has 0 N–H and O–H groups in total. The van der Waals surface area contributed by atoms with E-state index in [9.17, 15) is 8.78 Å². The van der Waals surface area contributed by atoms with E-state index in [2.05, 4.69) is 4.74 Å². The van der Waals surface area contributed by atoms with E-state index in [1.165, 1.54) is 6.07 Å². The minimum atomic E-state index is -2.85. The zero-order valence-electron chi connectivity index (χ0n) is 8.86. The highest BCUT2D eigenvalue weighted by atomic mass is 19.3. The fourth-order valence-electron chi connectivity index (χ4n) is 1.69. The maximum absolute atomic E-state index is 12.2. The lowest BCUT2D eigenvalue weighted by Gasteiger charge is -2.08. The van der Waals surface area contributed by atoms with Crippen molar-refractivity contribution in [3.05, 3.63) is 42.0 Å². The molecule has 2 rings (SSSR count). The molecule has 0 aliphatic heterocycles. The summed E-state index contributed by atoms with van der Waals surface area (Å²) in [6.45, 7) is -2.85. The van der Waals surface area contributed by atoms with Gasteiger partial charge in [-0.1, -0.05) is 24.3 Å². The van der Waals surface area contributed by atoms with Crippen LogP contribution in [0.15, 0.2) is 36.4 Å². The first-order valence-electron chi connectivity index (χ1n) is 5.04. The van der Waals surface area contributed by atoms with Crippen molar-refractivity contribution < 1.29 is 13.5 Å². The SMILES string of the molecule is N#CCc1ccc2cccc(OC(F)F)c2c1. The van der Waals surface area contributed by atoms with Gasteiger partial charge in [0, 0.05) is 5.39 Å². The summed E-state index contributed by atoms with van der Waals surface area (Å²) < 4.78 is 28.9. The Morgan fingerprint density at radius 2 is 2.06 bits per heavy atom. The second kappa shape index (κ2) is 4.79. The third-order valence-electron chi connectivity index (χ3n) is 2.41. The van der Waals surface area contributed by atoms with Crippen LogP contribution in [0.4, 0.5) is 8.78 Å². The summed E-state index contributed by atoms with van der Waals surface area (Å²) in [6.07, 6.45) is 0.249. The van der Waals surface area contributed by atoms with Gasteiger partial charge in [-0.15, -0.1) is 0 Å². The predicted octanol–water partition coefficient (Wildman–Crippen LogP) is 3.51. The van der Waals surface area contributed by atoms with E-state index in [1.54, 1.807) is 24.3 Å². The van der Waals surface area contributed by atoms with Crippen molar-refractivity contribution in [3.8, 4) is 11.8 Å². The largest absolute Gasteiger partial charge is 0.434 e. The molecule has 0 saturated heterocycles. The molecule has 0 bridgehead atoms. The Balaban J connectivity index is 2.52. The molecule has 0 aliphatic carbocycles.